The molecular formula is C13H18N4O. The molecule has 0 spiro atoms. The number of anilines is 1. The number of fused-ring (bicyclic) bond motifs is 1. The fourth-order valence-corrected chi connectivity index (χ4v) is 2.31. The molecule has 3 heterocycles. The third-order valence-electron chi connectivity index (χ3n) is 3.49. The van der Waals surface area contributed by atoms with Crippen molar-refractivity contribution in [2.45, 2.75) is 19.8 Å². The zero-order valence-electron chi connectivity index (χ0n) is 10.7. The molecule has 1 aliphatic heterocycles. The molecule has 1 fully saturated rings. The zero-order chi connectivity index (χ0) is 12.7. The fraction of sp³-hybridized carbons (Fsp3) is 0.538. The Kier molecular flexibility index (Phi) is 2.70. The first-order valence-corrected chi connectivity index (χ1v) is 6.39. The molecule has 1 N–H and O–H groups in total. The summed E-state index contributed by atoms with van der Waals surface area (Å²) in [5, 5.41) is 13.6. The average Bonchev–Trinajstić information content (AvgIpc) is 2.72. The van der Waals surface area contributed by atoms with Crippen LogP contribution in [-0.4, -0.2) is 39.4 Å². The minimum Gasteiger partial charge on any atom is -0.396 e. The molecule has 0 unspecified atom stereocenters. The van der Waals surface area contributed by atoms with Crippen molar-refractivity contribution in [3.05, 3.63) is 24.2 Å². The molecule has 0 bridgehead atoms. The molecular weight excluding hydrogens is 228 g/mol. The highest BCUT2D eigenvalue weighted by Crippen LogP contribution is 2.27. The molecule has 0 amide bonds. The Morgan fingerprint density at radius 1 is 1.44 bits per heavy atom. The Hall–Kier alpha value is -1.62. The molecule has 0 saturated carbocycles. The van der Waals surface area contributed by atoms with Crippen molar-refractivity contribution in [2.75, 3.05) is 24.6 Å². The van der Waals surface area contributed by atoms with Crippen molar-refractivity contribution in [2.24, 2.45) is 5.92 Å². The second kappa shape index (κ2) is 4.24. The average molecular weight is 246 g/mol. The molecule has 18 heavy (non-hydrogen) atoms. The molecule has 5 nitrogen and oxygen atoms in total. The van der Waals surface area contributed by atoms with E-state index in [0.29, 0.717) is 11.8 Å². The molecule has 0 aromatic carbocycles. The highest BCUT2D eigenvalue weighted by Gasteiger charge is 2.28. The normalized spacial score (nSPS) is 16.6. The number of hydrogen-bond acceptors (Lipinski definition) is 4. The largest absolute Gasteiger partial charge is 0.396 e. The van der Waals surface area contributed by atoms with Crippen LogP contribution in [0, 0.1) is 5.92 Å². The van der Waals surface area contributed by atoms with Crippen molar-refractivity contribution in [3.8, 4) is 0 Å². The van der Waals surface area contributed by atoms with E-state index in [2.05, 4.69) is 34.9 Å². The van der Waals surface area contributed by atoms with Gasteiger partial charge in [0.05, 0.1) is 5.69 Å². The number of hydrogen-bond donors (Lipinski definition) is 1. The van der Waals surface area contributed by atoms with Gasteiger partial charge in [-0.3, -0.25) is 0 Å². The van der Waals surface area contributed by atoms with Crippen LogP contribution in [0.15, 0.2) is 18.5 Å². The third-order valence-corrected chi connectivity index (χ3v) is 3.49. The van der Waals surface area contributed by atoms with E-state index in [4.69, 9.17) is 5.11 Å². The summed E-state index contributed by atoms with van der Waals surface area (Å²) < 4.78 is 1.89. The standard InChI is InChI=1S/C13H18N4O/c1-9(2)11-5-12-13(14-3-4-17(12)15-11)16-6-10(7-16)8-18/h3-5,9-10,18H,6-8H2,1-2H3. The van der Waals surface area contributed by atoms with Crippen molar-refractivity contribution in [3.63, 3.8) is 0 Å². The molecule has 1 saturated heterocycles. The lowest BCUT2D eigenvalue weighted by atomic mass is 10.0. The van der Waals surface area contributed by atoms with Crippen molar-refractivity contribution in [1.29, 1.82) is 0 Å². The Labute approximate surface area is 106 Å². The minimum atomic E-state index is 0.260. The van der Waals surface area contributed by atoms with E-state index < -0.39 is 0 Å². The van der Waals surface area contributed by atoms with E-state index in [9.17, 15) is 0 Å². The van der Waals surface area contributed by atoms with Gasteiger partial charge in [-0.05, 0) is 12.0 Å². The Balaban J connectivity index is 1.97. The zero-order valence-corrected chi connectivity index (χ0v) is 10.7. The number of aliphatic hydroxyl groups excluding tert-OH is 1. The van der Waals surface area contributed by atoms with Crippen LogP contribution < -0.4 is 4.90 Å². The SMILES string of the molecule is CC(C)c1cc2c(N3CC(CO)C3)nccn2n1. The van der Waals surface area contributed by atoms with Gasteiger partial charge in [-0.15, -0.1) is 0 Å². The van der Waals surface area contributed by atoms with Gasteiger partial charge in [0.15, 0.2) is 5.82 Å². The predicted molar refractivity (Wildman–Crippen MR) is 69.9 cm³/mol. The van der Waals surface area contributed by atoms with Crippen LogP contribution in [0.25, 0.3) is 5.52 Å². The number of aromatic nitrogens is 3. The topological polar surface area (TPSA) is 53.7 Å². The summed E-state index contributed by atoms with van der Waals surface area (Å²) in [4.78, 5) is 6.65. The summed E-state index contributed by atoms with van der Waals surface area (Å²) >= 11 is 0. The summed E-state index contributed by atoms with van der Waals surface area (Å²) in [5.41, 5.74) is 2.14. The minimum absolute atomic E-state index is 0.260. The monoisotopic (exact) mass is 246 g/mol. The van der Waals surface area contributed by atoms with Crippen LogP contribution in [0.1, 0.15) is 25.5 Å². The molecule has 0 atom stereocenters. The summed E-state index contributed by atoms with van der Waals surface area (Å²) in [6.45, 7) is 6.30. The molecule has 0 radical (unpaired) electrons. The Bertz CT molecular complexity index is 557. The van der Waals surface area contributed by atoms with Crippen molar-refractivity contribution < 1.29 is 5.11 Å². The second-order valence-corrected chi connectivity index (χ2v) is 5.26. The molecule has 2 aromatic heterocycles. The van der Waals surface area contributed by atoms with Gasteiger partial charge >= 0.3 is 0 Å². The summed E-state index contributed by atoms with van der Waals surface area (Å²) in [7, 11) is 0. The van der Waals surface area contributed by atoms with Gasteiger partial charge in [-0.25, -0.2) is 9.50 Å². The van der Waals surface area contributed by atoms with E-state index in [1.54, 1.807) is 6.20 Å². The van der Waals surface area contributed by atoms with E-state index in [0.717, 1.165) is 30.1 Å². The lowest BCUT2D eigenvalue weighted by Gasteiger charge is -2.39. The van der Waals surface area contributed by atoms with Crippen LogP contribution in [0.4, 0.5) is 5.82 Å². The number of nitrogens with zero attached hydrogens (tertiary/aromatic N) is 4. The maximum absolute atomic E-state index is 9.08. The predicted octanol–water partition coefficient (Wildman–Crippen LogP) is 1.28. The van der Waals surface area contributed by atoms with Gasteiger partial charge in [0.1, 0.15) is 5.52 Å². The van der Waals surface area contributed by atoms with Gasteiger partial charge in [-0.1, -0.05) is 13.8 Å². The first-order valence-electron chi connectivity index (χ1n) is 6.39. The molecule has 96 valence electrons. The van der Waals surface area contributed by atoms with E-state index in [-0.39, 0.29) is 6.61 Å². The van der Waals surface area contributed by atoms with Crippen molar-refractivity contribution in [1.82, 2.24) is 14.6 Å². The third kappa shape index (κ3) is 1.75. The lowest BCUT2D eigenvalue weighted by Crippen LogP contribution is -2.48. The van der Waals surface area contributed by atoms with Crippen molar-refractivity contribution >= 4 is 11.3 Å². The van der Waals surface area contributed by atoms with E-state index in [1.165, 1.54) is 0 Å². The van der Waals surface area contributed by atoms with Gasteiger partial charge in [0.25, 0.3) is 0 Å². The van der Waals surface area contributed by atoms with Gasteiger partial charge in [0.2, 0.25) is 0 Å². The van der Waals surface area contributed by atoms with Gasteiger partial charge in [-0.2, -0.15) is 5.10 Å². The maximum Gasteiger partial charge on any atom is 0.154 e. The fourth-order valence-electron chi connectivity index (χ4n) is 2.31. The number of aliphatic hydroxyl groups is 1. The first kappa shape index (κ1) is 11.5. The Morgan fingerprint density at radius 2 is 2.22 bits per heavy atom. The van der Waals surface area contributed by atoms with Crippen LogP contribution >= 0.6 is 0 Å². The lowest BCUT2D eigenvalue weighted by molar-refractivity contribution is 0.200. The van der Waals surface area contributed by atoms with Crippen LogP contribution in [-0.2, 0) is 0 Å². The summed E-state index contributed by atoms with van der Waals surface area (Å²) in [5.74, 6) is 1.78. The van der Waals surface area contributed by atoms with Crippen LogP contribution in [0.2, 0.25) is 0 Å². The van der Waals surface area contributed by atoms with Crippen LogP contribution in [0.3, 0.4) is 0 Å². The van der Waals surface area contributed by atoms with Gasteiger partial charge < -0.3 is 10.0 Å². The van der Waals surface area contributed by atoms with E-state index >= 15 is 0 Å². The summed E-state index contributed by atoms with van der Waals surface area (Å²) in [6, 6.07) is 2.11. The second-order valence-electron chi connectivity index (χ2n) is 5.26. The highest BCUT2D eigenvalue weighted by atomic mass is 16.3. The molecule has 1 aliphatic rings. The number of rotatable bonds is 3. The first-order chi connectivity index (χ1) is 8.69. The van der Waals surface area contributed by atoms with Gasteiger partial charge in [0, 0.05) is 38.0 Å². The smallest absolute Gasteiger partial charge is 0.154 e. The van der Waals surface area contributed by atoms with Crippen LogP contribution in [0.5, 0.6) is 0 Å². The molecule has 3 rings (SSSR count). The Morgan fingerprint density at radius 3 is 2.89 bits per heavy atom. The molecule has 0 aliphatic carbocycles. The molecule has 2 aromatic rings. The quantitative estimate of drug-likeness (QED) is 0.886. The highest BCUT2D eigenvalue weighted by molar-refractivity contribution is 5.70. The van der Waals surface area contributed by atoms with E-state index in [1.807, 2.05) is 10.7 Å². The molecule has 5 heteroatoms. The maximum atomic E-state index is 9.08. The summed E-state index contributed by atoms with van der Waals surface area (Å²) in [6.07, 6.45) is 3.67.